The lowest BCUT2D eigenvalue weighted by Crippen LogP contribution is -2.50. The topological polar surface area (TPSA) is 15.7 Å². The Morgan fingerprint density at radius 3 is 2.35 bits per heavy atom. The van der Waals surface area contributed by atoms with E-state index in [9.17, 15) is 0 Å². The fourth-order valence-electron chi connectivity index (χ4n) is 4.13. The minimum atomic E-state index is 0.404. The van der Waals surface area contributed by atoms with Crippen LogP contribution in [0.1, 0.15) is 31.2 Å². The van der Waals surface area contributed by atoms with Crippen LogP contribution >= 0.6 is 11.6 Å². The SMILES string of the molecule is Clc1ccc(C2(CN3CCN(C[C@H]4CCCO4)CC3)CC2)cc1. The van der Waals surface area contributed by atoms with Crippen LogP contribution in [0.5, 0.6) is 0 Å². The highest BCUT2D eigenvalue weighted by atomic mass is 35.5. The van der Waals surface area contributed by atoms with Crippen LogP contribution in [-0.4, -0.2) is 61.8 Å². The molecule has 2 aliphatic heterocycles. The van der Waals surface area contributed by atoms with E-state index in [0.29, 0.717) is 11.5 Å². The third-order valence-corrected chi connectivity index (χ3v) is 6.04. The predicted octanol–water partition coefficient (Wildman–Crippen LogP) is 3.17. The third kappa shape index (κ3) is 3.74. The number of hydrogen-bond donors (Lipinski definition) is 0. The minimum absolute atomic E-state index is 0.404. The lowest BCUT2D eigenvalue weighted by Gasteiger charge is -2.37. The standard InChI is InChI=1S/C19H27ClN2O/c20-17-5-3-16(4-6-17)19(7-8-19)15-22-11-9-21(10-12-22)14-18-2-1-13-23-18/h3-6,18H,1-2,7-15H2/t18-/m1/s1. The molecular weight excluding hydrogens is 308 g/mol. The molecule has 0 N–H and O–H groups in total. The molecule has 1 aromatic rings. The van der Waals surface area contributed by atoms with Crippen molar-refractivity contribution in [2.24, 2.45) is 0 Å². The molecule has 3 aliphatic rings. The van der Waals surface area contributed by atoms with Crippen LogP contribution in [0.3, 0.4) is 0 Å². The maximum absolute atomic E-state index is 6.03. The quantitative estimate of drug-likeness (QED) is 0.822. The summed E-state index contributed by atoms with van der Waals surface area (Å²) in [7, 11) is 0. The monoisotopic (exact) mass is 334 g/mol. The van der Waals surface area contributed by atoms with Gasteiger partial charge in [0.15, 0.2) is 0 Å². The van der Waals surface area contributed by atoms with Gasteiger partial charge in [-0.2, -0.15) is 0 Å². The molecule has 1 atom stereocenters. The number of halogens is 1. The van der Waals surface area contributed by atoms with E-state index < -0.39 is 0 Å². The van der Waals surface area contributed by atoms with Crippen molar-refractivity contribution in [2.75, 3.05) is 45.9 Å². The van der Waals surface area contributed by atoms with Crippen molar-refractivity contribution in [1.82, 2.24) is 9.80 Å². The second kappa shape index (κ2) is 6.72. The van der Waals surface area contributed by atoms with Gasteiger partial charge in [-0.05, 0) is 43.4 Å². The molecule has 3 fully saturated rings. The Bertz CT molecular complexity index is 515. The molecule has 0 bridgehead atoms. The van der Waals surface area contributed by atoms with Crippen molar-refractivity contribution in [1.29, 1.82) is 0 Å². The van der Waals surface area contributed by atoms with Gasteiger partial charge in [0.05, 0.1) is 6.10 Å². The number of ether oxygens (including phenoxy) is 1. The summed E-state index contributed by atoms with van der Waals surface area (Å²) in [5, 5.41) is 0.840. The number of piperazine rings is 1. The van der Waals surface area contributed by atoms with E-state index >= 15 is 0 Å². The number of hydrogen-bond acceptors (Lipinski definition) is 3. The Hall–Kier alpha value is -0.610. The summed E-state index contributed by atoms with van der Waals surface area (Å²) in [5.74, 6) is 0. The van der Waals surface area contributed by atoms with Crippen LogP contribution < -0.4 is 0 Å². The molecule has 0 spiro atoms. The molecule has 126 valence electrons. The fourth-order valence-corrected chi connectivity index (χ4v) is 4.25. The first-order valence-electron chi connectivity index (χ1n) is 9.06. The Balaban J connectivity index is 1.28. The molecule has 2 saturated heterocycles. The molecule has 0 aromatic heterocycles. The highest BCUT2D eigenvalue weighted by molar-refractivity contribution is 6.30. The van der Waals surface area contributed by atoms with Gasteiger partial charge in [-0.3, -0.25) is 9.80 Å². The summed E-state index contributed by atoms with van der Waals surface area (Å²) in [6.07, 6.45) is 5.63. The van der Waals surface area contributed by atoms with E-state index in [-0.39, 0.29) is 0 Å². The van der Waals surface area contributed by atoms with E-state index in [1.165, 1.54) is 64.0 Å². The molecule has 0 radical (unpaired) electrons. The third-order valence-electron chi connectivity index (χ3n) is 5.79. The van der Waals surface area contributed by atoms with Crippen molar-refractivity contribution in [3.8, 4) is 0 Å². The summed E-state index contributed by atoms with van der Waals surface area (Å²) in [6, 6.07) is 8.53. The zero-order valence-electron chi connectivity index (χ0n) is 13.8. The van der Waals surface area contributed by atoms with Crippen molar-refractivity contribution in [3.63, 3.8) is 0 Å². The molecule has 1 aliphatic carbocycles. The molecule has 0 unspecified atom stereocenters. The molecular formula is C19H27ClN2O. The predicted molar refractivity (Wildman–Crippen MR) is 94.2 cm³/mol. The Morgan fingerprint density at radius 2 is 1.74 bits per heavy atom. The van der Waals surface area contributed by atoms with E-state index in [2.05, 4.69) is 21.9 Å². The van der Waals surface area contributed by atoms with Crippen LogP contribution in [0.15, 0.2) is 24.3 Å². The van der Waals surface area contributed by atoms with E-state index in [1.54, 1.807) is 0 Å². The summed E-state index contributed by atoms with van der Waals surface area (Å²) >= 11 is 6.03. The average molecular weight is 335 g/mol. The van der Waals surface area contributed by atoms with Gasteiger partial charge in [-0.1, -0.05) is 23.7 Å². The fraction of sp³-hybridized carbons (Fsp3) is 0.684. The molecule has 4 rings (SSSR count). The van der Waals surface area contributed by atoms with Gasteiger partial charge in [0.25, 0.3) is 0 Å². The van der Waals surface area contributed by atoms with Crippen LogP contribution in [0.2, 0.25) is 5.02 Å². The zero-order chi connectivity index (χ0) is 15.7. The normalized spacial score (nSPS) is 28.1. The first-order chi connectivity index (χ1) is 11.2. The largest absolute Gasteiger partial charge is 0.377 e. The lowest BCUT2D eigenvalue weighted by molar-refractivity contribution is 0.0486. The van der Waals surface area contributed by atoms with Crippen LogP contribution in [0.4, 0.5) is 0 Å². The van der Waals surface area contributed by atoms with Crippen LogP contribution in [0, 0.1) is 0 Å². The van der Waals surface area contributed by atoms with Gasteiger partial charge in [0, 0.05) is 56.3 Å². The van der Waals surface area contributed by atoms with Gasteiger partial charge in [0.1, 0.15) is 0 Å². The first kappa shape index (κ1) is 15.9. The molecule has 0 amide bonds. The summed E-state index contributed by atoms with van der Waals surface area (Å²) in [6.45, 7) is 8.09. The van der Waals surface area contributed by atoms with Gasteiger partial charge >= 0.3 is 0 Å². The van der Waals surface area contributed by atoms with Crippen molar-refractivity contribution >= 4 is 11.6 Å². The van der Waals surface area contributed by atoms with Gasteiger partial charge in [-0.25, -0.2) is 0 Å². The summed E-state index contributed by atoms with van der Waals surface area (Å²) < 4.78 is 5.77. The van der Waals surface area contributed by atoms with Crippen molar-refractivity contribution < 1.29 is 4.74 Å². The maximum Gasteiger partial charge on any atom is 0.0702 e. The van der Waals surface area contributed by atoms with Crippen molar-refractivity contribution in [2.45, 2.75) is 37.2 Å². The maximum atomic E-state index is 6.03. The lowest BCUT2D eigenvalue weighted by atomic mass is 9.95. The second-order valence-corrected chi connectivity index (χ2v) is 7.94. The highest BCUT2D eigenvalue weighted by Crippen LogP contribution is 2.49. The number of benzene rings is 1. The van der Waals surface area contributed by atoms with Crippen LogP contribution in [0.25, 0.3) is 0 Å². The molecule has 3 nitrogen and oxygen atoms in total. The minimum Gasteiger partial charge on any atom is -0.377 e. The van der Waals surface area contributed by atoms with Gasteiger partial charge in [-0.15, -0.1) is 0 Å². The molecule has 1 saturated carbocycles. The molecule has 4 heteroatoms. The summed E-state index contributed by atoms with van der Waals surface area (Å²) in [5.41, 5.74) is 1.88. The van der Waals surface area contributed by atoms with Crippen LogP contribution in [-0.2, 0) is 10.2 Å². The first-order valence-corrected chi connectivity index (χ1v) is 9.44. The van der Waals surface area contributed by atoms with Gasteiger partial charge in [0.2, 0.25) is 0 Å². The Labute approximate surface area is 144 Å². The Kier molecular flexibility index (Phi) is 4.64. The van der Waals surface area contributed by atoms with E-state index in [0.717, 1.165) is 18.2 Å². The Morgan fingerprint density at radius 1 is 1.04 bits per heavy atom. The second-order valence-electron chi connectivity index (χ2n) is 7.50. The van der Waals surface area contributed by atoms with E-state index in [4.69, 9.17) is 16.3 Å². The van der Waals surface area contributed by atoms with Crippen molar-refractivity contribution in [3.05, 3.63) is 34.9 Å². The van der Waals surface area contributed by atoms with Gasteiger partial charge < -0.3 is 4.74 Å². The molecule has 2 heterocycles. The number of nitrogens with zero attached hydrogens (tertiary/aromatic N) is 2. The summed E-state index contributed by atoms with van der Waals surface area (Å²) in [4.78, 5) is 5.25. The average Bonchev–Trinajstić information content (AvgIpc) is 3.16. The van der Waals surface area contributed by atoms with E-state index in [1.807, 2.05) is 12.1 Å². The smallest absolute Gasteiger partial charge is 0.0702 e. The molecule has 1 aromatic carbocycles. The molecule has 23 heavy (non-hydrogen) atoms. The zero-order valence-corrected chi connectivity index (χ0v) is 14.6. The number of rotatable bonds is 5. The highest BCUT2D eigenvalue weighted by Gasteiger charge is 2.45.